The average molecular weight is 418 g/mol. The molecule has 28 heavy (non-hydrogen) atoms. The van der Waals surface area contributed by atoms with Crippen molar-refractivity contribution in [1.82, 2.24) is 3.97 Å². The van der Waals surface area contributed by atoms with E-state index in [4.69, 9.17) is 11.6 Å². The smallest absolute Gasteiger partial charge is 0.241 e. The molecule has 2 aromatic carbocycles. The molecule has 3 aromatic rings. The van der Waals surface area contributed by atoms with E-state index >= 15 is 0 Å². The van der Waals surface area contributed by atoms with Crippen LogP contribution in [0.25, 0.3) is 11.3 Å². The highest BCUT2D eigenvalue weighted by Crippen LogP contribution is 2.44. The van der Waals surface area contributed by atoms with Gasteiger partial charge in [0.2, 0.25) is 0 Å². The number of hydrogen-bond donors (Lipinski definition) is 0. The van der Waals surface area contributed by atoms with E-state index in [0.717, 1.165) is 36.0 Å². The zero-order chi connectivity index (χ0) is 20.1. The molecule has 1 aliphatic carbocycles. The van der Waals surface area contributed by atoms with Gasteiger partial charge in [0.25, 0.3) is 10.0 Å². The van der Waals surface area contributed by atoms with Crippen molar-refractivity contribution in [2.75, 3.05) is 0 Å². The molecular weight excluding hydrogens is 397 g/mol. The molecule has 1 unspecified atom stereocenters. The molecule has 1 atom stereocenters. The molecular formula is C22H21ClFNO2S. The molecule has 3 nitrogen and oxygen atoms in total. The zero-order valence-electron chi connectivity index (χ0n) is 15.7. The predicted molar refractivity (Wildman–Crippen MR) is 110 cm³/mol. The van der Waals surface area contributed by atoms with Crippen LogP contribution in [0.4, 0.5) is 4.39 Å². The van der Waals surface area contributed by atoms with E-state index in [2.05, 4.69) is 6.92 Å². The summed E-state index contributed by atoms with van der Waals surface area (Å²) in [6.45, 7) is 3.92. The van der Waals surface area contributed by atoms with Crippen molar-refractivity contribution in [3.63, 3.8) is 0 Å². The Kier molecular flexibility index (Phi) is 4.84. The van der Waals surface area contributed by atoms with Crippen molar-refractivity contribution in [2.45, 2.75) is 43.9 Å². The van der Waals surface area contributed by atoms with E-state index < -0.39 is 10.0 Å². The summed E-state index contributed by atoms with van der Waals surface area (Å²) in [6, 6.07) is 10.9. The summed E-state index contributed by atoms with van der Waals surface area (Å²) in [4.78, 5) is 0.0689. The maximum atomic E-state index is 13.7. The van der Waals surface area contributed by atoms with Gasteiger partial charge in [0.15, 0.2) is 0 Å². The first kappa shape index (κ1) is 19.2. The maximum absolute atomic E-state index is 13.7. The zero-order valence-corrected chi connectivity index (χ0v) is 17.3. The van der Waals surface area contributed by atoms with E-state index in [-0.39, 0.29) is 15.7 Å². The fourth-order valence-electron chi connectivity index (χ4n) is 4.17. The predicted octanol–water partition coefficient (Wildman–Crippen LogP) is 5.93. The topological polar surface area (TPSA) is 39.1 Å². The number of rotatable bonds is 4. The van der Waals surface area contributed by atoms with E-state index in [9.17, 15) is 12.8 Å². The van der Waals surface area contributed by atoms with Gasteiger partial charge < -0.3 is 0 Å². The van der Waals surface area contributed by atoms with Gasteiger partial charge in [0.05, 0.1) is 10.7 Å². The molecule has 4 rings (SSSR count). The molecule has 146 valence electrons. The van der Waals surface area contributed by atoms with Crippen LogP contribution in [0.2, 0.25) is 5.02 Å². The summed E-state index contributed by atoms with van der Waals surface area (Å²) in [6.07, 6.45) is 4.50. The summed E-state index contributed by atoms with van der Waals surface area (Å²) in [5, 5.41) is 0.185. The molecule has 0 bridgehead atoms. The highest BCUT2D eigenvalue weighted by atomic mass is 35.5. The van der Waals surface area contributed by atoms with Crippen LogP contribution in [0.15, 0.2) is 53.6 Å². The molecule has 0 radical (unpaired) electrons. The molecule has 0 saturated heterocycles. The molecule has 1 heterocycles. The third-order valence-electron chi connectivity index (χ3n) is 5.60. The Morgan fingerprint density at radius 1 is 1.21 bits per heavy atom. The SMILES string of the molecule is CCC1CCc2c1cn(S(=O)(=O)c1ccccc1Cl)c2-c1ccc(F)cc1C. The Hall–Kier alpha value is -2.11. The van der Waals surface area contributed by atoms with Gasteiger partial charge in [-0.25, -0.2) is 16.8 Å². The van der Waals surface area contributed by atoms with E-state index in [1.54, 1.807) is 37.4 Å². The lowest BCUT2D eigenvalue weighted by atomic mass is 9.99. The number of halogens is 2. The normalized spacial score (nSPS) is 16.4. The minimum atomic E-state index is -3.89. The second-order valence-electron chi connectivity index (χ2n) is 7.25. The molecule has 0 aliphatic heterocycles. The van der Waals surface area contributed by atoms with Gasteiger partial charge in [-0.1, -0.05) is 30.7 Å². The molecule has 1 aromatic heterocycles. The third-order valence-corrected chi connectivity index (χ3v) is 7.76. The van der Waals surface area contributed by atoms with E-state index in [1.807, 2.05) is 0 Å². The first-order chi connectivity index (χ1) is 13.3. The van der Waals surface area contributed by atoms with Crippen LogP contribution in [0.1, 0.15) is 42.4 Å². The van der Waals surface area contributed by atoms with Gasteiger partial charge in [-0.05, 0) is 79.1 Å². The molecule has 1 aliphatic rings. The summed E-state index contributed by atoms with van der Waals surface area (Å²) in [5.41, 5.74) is 4.17. The minimum Gasteiger partial charge on any atom is -0.241 e. The third kappa shape index (κ3) is 2.97. The van der Waals surface area contributed by atoms with Crippen molar-refractivity contribution < 1.29 is 12.8 Å². The van der Waals surface area contributed by atoms with Gasteiger partial charge in [-0.15, -0.1) is 0 Å². The van der Waals surface area contributed by atoms with E-state index in [0.29, 0.717) is 17.2 Å². The van der Waals surface area contributed by atoms with Crippen LogP contribution in [-0.4, -0.2) is 12.4 Å². The van der Waals surface area contributed by atoms with Crippen LogP contribution >= 0.6 is 11.6 Å². The lowest BCUT2D eigenvalue weighted by Gasteiger charge is -2.15. The molecule has 6 heteroatoms. The van der Waals surface area contributed by atoms with Crippen LogP contribution in [0, 0.1) is 12.7 Å². The van der Waals surface area contributed by atoms with Gasteiger partial charge in [-0.3, -0.25) is 0 Å². The number of aromatic nitrogens is 1. The molecule has 0 spiro atoms. The molecule has 0 N–H and O–H groups in total. The number of fused-ring (bicyclic) bond motifs is 1. The average Bonchev–Trinajstić information content (AvgIpc) is 3.21. The number of nitrogens with zero attached hydrogens (tertiary/aromatic N) is 1. The first-order valence-corrected chi connectivity index (χ1v) is 11.2. The summed E-state index contributed by atoms with van der Waals surface area (Å²) >= 11 is 6.22. The van der Waals surface area contributed by atoms with Gasteiger partial charge >= 0.3 is 0 Å². The Labute approximate surface area is 169 Å². The van der Waals surface area contributed by atoms with E-state index in [1.165, 1.54) is 22.2 Å². The quantitative estimate of drug-likeness (QED) is 0.527. The first-order valence-electron chi connectivity index (χ1n) is 9.35. The standard InChI is InChI=1S/C22H21ClFNO2S/c1-3-15-8-10-18-19(15)13-25(22(18)17-11-9-16(24)12-14(17)2)28(26,27)21-7-5-4-6-20(21)23/h4-7,9,11-13,15H,3,8,10H2,1-2H3. The van der Waals surface area contributed by atoms with Crippen LogP contribution in [-0.2, 0) is 16.4 Å². The number of benzene rings is 2. The fourth-order valence-corrected chi connectivity index (χ4v) is 6.08. The van der Waals surface area contributed by atoms with Crippen molar-refractivity contribution >= 4 is 21.6 Å². The van der Waals surface area contributed by atoms with Gasteiger partial charge in [0.1, 0.15) is 10.7 Å². The second kappa shape index (κ2) is 7.05. The van der Waals surface area contributed by atoms with Crippen LogP contribution in [0.3, 0.4) is 0 Å². The van der Waals surface area contributed by atoms with Crippen molar-refractivity contribution in [2.24, 2.45) is 0 Å². The van der Waals surface area contributed by atoms with Crippen LogP contribution < -0.4 is 0 Å². The highest BCUT2D eigenvalue weighted by molar-refractivity contribution is 7.90. The largest absolute Gasteiger partial charge is 0.269 e. The van der Waals surface area contributed by atoms with Gasteiger partial charge in [-0.2, -0.15) is 0 Å². The summed E-state index contributed by atoms with van der Waals surface area (Å²) in [5.74, 6) is -0.00593. The molecule has 0 saturated carbocycles. The summed E-state index contributed by atoms with van der Waals surface area (Å²) in [7, 11) is -3.89. The van der Waals surface area contributed by atoms with Crippen molar-refractivity contribution in [1.29, 1.82) is 0 Å². The maximum Gasteiger partial charge on any atom is 0.269 e. The van der Waals surface area contributed by atoms with Gasteiger partial charge in [0, 0.05) is 11.8 Å². The van der Waals surface area contributed by atoms with Crippen molar-refractivity contribution in [3.05, 3.63) is 76.2 Å². The molecule has 0 amide bonds. The Morgan fingerprint density at radius 2 is 1.96 bits per heavy atom. The number of hydrogen-bond acceptors (Lipinski definition) is 2. The lowest BCUT2D eigenvalue weighted by Crippen LogP contribution is -2.15. The Morgan fingerprint density at radius 3 is 2.64 bits per heavy atom. The fraction of sp³-hybridized carbons (Fsp3) is 0.273. The van der Waals surface area contributed by atoms with Crippen LogP contribution in [0.5, 0.6) is 0 Å². The second-order valence-corrected chi connectivity index (χ2v) is 9.44. The Balaban J connectivity index is 2.02. The molecule has 0 fully saturated rings. The number of aryl methyl sites for hydroxylation is 1. The Bertz CT molecular complexity index is 1170. The lowest BCUT2D eigenvalue weighted by molar-refractivity contribution is 0.586. The monoisotopic (exact) mass is 417 g/mol. The summed E-state index contributed by atoms with van der Waals surface area (Å²) < 4.78 is 42.1. The minimum absolute atomic E-state index is 0.0689. The highest BCUT2D eigenvalue weighted by Gasteiger charge is 2.33. The van der Waals surface area contributed by atoms with Crippen molar-refractivity contribution in [3.8, 4) is 11.3 Å².